The molecule has 0 bridgehead atoms. The van der Waals surface area contributed by atoms with Gasteiger partial charge in [0.05, 0.1) is 0 Å². The number of nitrogens with one attached hydrogen (secondary N) is 2. The van der Waals surface area contributed by atoms with E-state index in [0.717, 1.165) is 15.6 Å². The van der Waals surface area contributed by atoms with Crippen LogP contribution in [0.15, 0.2) is 28.6 Å². The lowest BCUT2D eigenvalue weighted by molar-refractivity contribution is 0.262. The van der Waals surface area contributed by atoms with Gasteiger partial charge in [-0.3, -0.25) is 5.32 Å². The minimum atomic E-state index is -0.294. The Morgan fingerprint density at radius 2 is 1.91 bits per heavy atom. The number of thioether (sulfide) groups is 1. The predicted molar refractivity (Wildman–Crippen MR) is 91.8 cm³/mol. The van der Waals surface area contributed by atoms with Crippen molar-refractivity contribution in [1.29, 1.82) is 0 Å². The standard InChI is InChI=1S/C15H18N4OS2/c1-10-6-8-11(9-7-10)16-13(20)17-14-18-19-15(22-14)21-12-4-2-3-5-12/h6-9,12H,2-5H2,1H3,(H2,16,17,18,20). The highest BCUT2D eigenvalue weighted by Crippen LogP contribution is 2.36. The van der Waals surface area contributed by atoms with Crippen molar-refractivity contribution in [3.8, 4) is 0 Å². The molecule has 1 aromatic carbocycles. The number of nitrogens with zero attached hydrogens (tertiary/aromatic N) is 2. The van der Waals surface area contributed by atoms with E-state index in [1.54, 1.807) is 11.8 Å². The molecule has 116 valence electrons. The molecule has 1 aliphatic rings. The van der Waals surface area contributed by atoms with Crippen molar-refractivity contribution in [3.05, 3.63) is 29.8 Å². The van der Waals surface area contributed by atoms with Gasteiger partial charge in [0.15, 0.2) is 4.34 Å². The highest BCUT2D eigenvalue weighted by atomic mass is 32.2. The summed E-state index contributed by atoms with van der Waals surface area (Å²) < 4.78 is 0.928. The lowest BCUT2D eigenvalue weighted by Gasteiger charge is -2.05. The number of carbonyl (C=O) groups excluding carboxylic acids is 1. The lowest BCUT2D eigenvalue weighted by Crippen LogP contribution is -2.19. The Morgan fingerprint density at radius 1 is 1.18 bits per heavy atom. The third-order valence-corrected chi connectivity index (χ3v) is 5.77. The molecule has 0 spiro atoms. The van der Waals surface area contributed by atoms with Crippen LogP contribution in [0.5, 0.6) is 0 Å². The molecule has 0 aliphatic heterocycles. The van der Waals surface area contributed by atoms with E-state index in [1.165, 1.54) is 37.0 Å². The first-order chi connectivity index (χ1) is 10.7. The third kappa shape index (κ3) is 4.20. The zero-order valence-corrected chi connectivity index (χ0v) is 14.0. The molecule has 0 unspecified atom stereocenters. The van der Waals surface area contributed by atoms with Gasteiger partial charge in [-0.2, -0.15) is 0 Å². The summed E-state index contributed by atoms with van der Waals surface area (Å²) in [4.78, 5) is 11.9. The molecule has 0 atom stereocenters. The summed E-state index contributed by atoms with van der Waals surface area (Å²) in [7, 11) is 0. The molecule has 2 N–H and O–H groups in total. The number of carbonyl (C=O) groups is 1. The number of aromatic nitrogens is 2. The van der Waals surface area contributed by atoms with Gasteiger partial charge in [0.1, 0.15) is 0 Å². The largest absolute Gasteiger partial charge is 0.325 e. The Balaban J connectivity index is 1.52. The third-order valence-electron chi connectivity index (χ3n) is 3.51. The molecule has 22 heavy (non-hydrogen) atoms. The number of aryl methyl sites for hydroxylation is 1. The molecule has 2 aromatic rings. The van der Waals surface area contributed by atoms with Crippen molar-refractivity contribution in [3.63, 3.8) is 0 Å². The van der Waals surface area contributed by atoms with Gasteiger partial charge < -0.3 is 5.32 Å². The van der Waals surface area contributed by atoms with Gasteiger partial charge in [-0.25, -0.2) is 4.79 Å². The van der Waals surface area contributed by atoms with Crippen LogP contribution in [0.4, 0.5) is 15.6 Å². The quantitative estimate of drug-likeness (QED) is 0.806. The Morgan fingerprint density at radius 3 is 2.64 bits per heavy atom. The van der Waals surface area contributed by atoms with Crippen LogP contribution in [-0.2, 0) is 0 Å². The Bertz CT molecular complexity index is 635. The smallest absolute Gasteiger partial charge is 0.308 e. The van der Waals surface area contributed by atoms with Gasteiger partial charge >= 0.3 is 6.03 Å². The van der Waals surface area contributed by atoms with Crippen LogP contribution in [0.3, 0.4) is 0 Å². The van der Waals surface area contributed by atoms with Crippen molar-refractivity contribution in [2.75, 3.05) is 10.6 Å². The molecule has 7 heteroatoms. The highest BCUT2D eigenvalue weighted by molar-refractivity contribution is 8.01. The summed E-state index contributed by atoms with van der Waals surface area (Å²) in [5.74, 6) is 0. The summed E-state index contributed by atoms with van der Waals surface area (Å²) in [6, 6.07) is 7.36. The Hall–Kier alpha value is -1.60. The van der Waals surface area contributed by atoms with Crippen LogP contribution in [-0.4, -0.2) is 21.5 Å². The topological polar surface area (TPSA) is 66.9 Å². The van der Waals surface area contributed by atoms with Crippen molar-refractivity contribution < 1.29 is 4.79 Å². The molecule has 3 rings (SSSR count). The maximum atomic E-state index is 11.9. The second kappa shape index (κ2) is 7.11. The first-order valence-corrected chi connectivity index (χ1v) is 9.03. The summed E-state index contributed by atoms with van der Waals surface area (Å²) in [5, 5.41) is 14.9. The zero-order chi connectivity index (χ0) is 15.4. The number of anilines is 2. The van der Waals surface area contributed by atoms with Gasteiger partial charge in [0, 0.05) is 10.9 Å². The zero-order valence-electron chi connectivity index (χ0n) is 12.3. The van der Waals surface area contributed by atoms with E-state index in [-0.39, 0.29) is 6.03 Å². The monoisotopic (exact) mass is 334 g/mol. The first-order valence-electron chi connectivity index (χ1n) is 7.34. The average molecular weight is 334 g/mol. The Kier molecular flexibility index (Phi) is 4.94. The summed E-state index contributed by atoms with van der Waals surface area (Å²) >= 11 is 3.21. The van der Waals surface area contributed by atoms with E-state index in [1.807, 2.05) is 31.2 Å². The first kappa shape index (κ1) is 15.3. The fourth-order valence-corrected chi connectivity index (χ4v) is 4.61. The predicted octanol–water partition coefficient (Wildman–Crippen LogP) is 4.53. The fraction of sp³-hybridized carbons (Fsp3) is 0.400. The van der Waals surface area contributed by atoms with Crippen molar-refractivity contribution in [1.82, 2.24) is 10.2 Å². The number of hydrogen-bond donors (Lipinski definition) is 2. The van der Waals surface area contributed by atoms with Crippen molar-refractivity contribution in [2.45, 2.75) is 42.2 Å². The second-order valence-electron chi connectivity index (χ2n) is 5.34. The number of benzene rings is 1. The lowest BCUT2D eigenvalue weighted by atomic mass is 10.2. The van der Waals surface area contributed by atoms with E-state index in [2.05, 4.69) is 20.8 Å². The minimum Gasteiger partial charge on any atom is -0.308 e. The summed E-state index contributed by atoms with van der Waals surface area (Å²) in [5.41, 5.74) is 1.91. The molecular formula is C15H18N4OS2. The molecule has 2 amide bonds. The molecule has 1 aliphatic carbocycles. The van der Waals surface area contributed by atoms with Crippen LogP contribution < -0.4 is 10.6 Å². The van der Waals surface area contributed by atoms with Crippen LogP contribution in [0, 0.1) is 6.92 Å². The number of rotatable bonds is 4. The van der Waals surface area contributed by atoms with Gasteiger partial charge in [-0.1, -0.05) is 53.6 Å². The van der Waals surface area contributed by atoms with Gasteiger partial charge in [-0.15, -0.1) is 10.2 Å². The summed E-state index contributed by atoms with van der Waals surface area (Å²) in [6.07, 6.45) is 5.11. The van der Waals surface area contributed by atoms with E-state index >= 15 is 0 Å². The van der Waals surface area contributed by atoms with Crippen molar-refractivity contribution in [2.24, 2.45) is 0 Å². The van der Waals surface area contributed by atoms with Crippen LogP contribution in [0.1, 0.15) is 31.2 Å². The molecule has 5 nitrogen and oxygen atoms in total. The van der Waals surface area contributed by atoms with E-state index < -0.39 is 0 Å². The minimum absolute atomic E-state index is 0.294. The second-order valence-corrected chi connectivity index (χ2v) is 7.87. The normalized spacial score (nSPS) is 15.0. The molecular weight excluding hydrogens is 316 g/mol. The highest BCUT2D eigenvalue weighted by Gasteiger charge is 2.18. The Labute approximate surface area is 137 Å². The fourth-order valence-electron chi connectivity index (χ4n) is 2.35. The van der Waals surface area contributed by atoms with Crippen LogP contribution >= 0.6 is 23.1 Å². The van der Waals surface area contributed by atoms with E-state index in [0.29, 0.717) is 10.4 Å². The van der Waals surface area contributed by atoms with Crippen LogP contribution in [0.2, 0.25) is 0 Å². The average Bonchev–Trinajstić information content (AvgIpc) is 3.14. The molecule has 1 saturated carbocycles. The molecule has 1 heterocycles. The molecule has 1 fully saturated rings. The maximum absolute atomic E-state index is 11.9. The maximum Gasteiger partial charge on any atom is 0.325 e. The number of urea groups is 1. The van der Waals surface area contributed by atoms with Gasteiger partial charge in [0.2, 0.25) is 5.13 Å². The van der Waals surface area contributed by atoms with Gasteiger partial charge in [0.25, 0.3) is 0 Å². The molecule has 0 saturated heterocycles. The van der Waals surface area contributed by atoms with Crippen LogP contribution in [0.25, 0.3) is 0 Å². The summed E-state index contributed by atoms with van der Waals surface area (Å²) in [6.45, 7) is 2.01. The SMILES string of the molecule is Cc1ccc(NC(=O)Nc2nnc(SC3CCCC3)s2)cc1. The number of amides is 2. The van der Waals surface area contributed by atoms with Crippen molar-refractivity contribution >= 4 is 39.9 Å². The van der Waals surface area contributed by atoms with Gasteiger partial charge in [-0.05, 0) is 31.9 Å². The molecule has 1 aromatic heterocycles. The molecule has 0 radical (unpaired) electrons. The van der Waals surface area contributed by atoms with E-state index in [4.69, 9.17) is 0 Å². The van der Waals surface area contributed by atoms with E-state index in [9.17, 15) is 4.79 Å². The number of hydrogen-bond acceptors (Lipinski definition) is 5.